The van der Waals surface area contributed by atoms with Crippen LogP contribution in [0, 0.1) is 12.7 Å². The number of rotatable bonds is 6. The third-order valence-corrected chi connectivity index (χ3v) is 7.19. The molecule has 33 heavy (non-hydrogen) atoms. The minimum atomic E-state index is -3.69. The lowest BCUT2D eigenvalue weighted by Gasteiger charge is -2.13. The molecule has 1 saturated carbocycles. The van der Waals surface area contributed by atoms with Gasteiger partial charge in [0.25, 0.3) is 0 Å². The summed E-state index contributed by atoms with van der Waals surface area (Å²) in [4.78, 5) is 29.5. The minimum Gasteiger partial charge on any atom is -0.422 e. The molecule has 1 aromatic carbocycles. The van der Waals surface area contributed by atoms with Gasteiger partial charge < -0.3 is 14.1 Å². The van der Waals surface area contributed by atoms with Crippen molar-refractivity contribution in [3.63, 3.8) is 0 Å². The molecule has 174 valence electrons. The van der Waals surface area contributed by atoms with E-state index in [0.717, 1.165) is 0 Å². The highest BCUT2D eigenvalue weighted by atomic mass is 32.2. The first-order valence-electron chi connectivity index (χ1n) is 10.2. The molecular weight excluding hydrogens is 453 g/mol. The van der Waals surface area contributed by atoms with Gasteiger partial charge in [-0.15, -0.1) is 0 Å². The average molecular weight is 475 g/mol. The fourth-order valence-electron chi connectivity index (χ4n) is 3.31. The molecule has 0 bridgehead atoms. The Hall–Kier alpha value is -3.47. The minimum absolute atomic E-state index is 0.102. The number of aromatic nitrogens is 1. The number of carbonyl (C=O) groups is 1. The van der Waals surface area contributed by atoms with Crippen molar-refractivity contribution in [3.05, 3.63) is 63.4 Å². The zero-order valence-electron chi connectivity index (χ0n) is 18.2. The molecule has 1 aliphatic carbocycles. The second-order valence-electron chi connectivity index (χ2n) is 8.07. The van der Waals surface area contributed by atoms with Gasteiger partial charge in [-0.2, -0.15) is 0 Å². The van der Waals surface area contributed by atoms with Gasteiger partial charge in [-0.3, -0.25) is 4.72 Å². The monoisotopic (exact) mass is 475 g/mol. The van der Waals surface area contributed by atoms with Crippen LogP contribution in [-0.4, -0.2) is 43.7 Å². The van der Waals surface area contributed by atoms with Gasteiger partial charge in [0.2, 0.25) is 10.0 Å². The molecule has 3 aromatic rings. The van der Waals surface area contributed by atoms with E-state index < -0.39 is 38.6 Å². The third-order valence-electron chi connectivity index (χ3n) is 5.37. The number of amides is 1. The van der Waals surface area contributed by atoms with E-state index in [1.165, 1.54) is 23.2 Å². The lowest BCUT2D eigenvalue weighted by molar-refractivity contribution is 0.172. The smallest absolute Gasteiger partial charge is 0.414 e. The molecule has 1 fully saturated rings. The molecule has 0 atom stereocenters. The van der Waals surface area contributed by atoms with E-state index in [0.29, 0.717) is 23.8 Å². The number of carbonyl (C=O) groups excluding carboxylic acids is 1. The van der Waals surface area contributed by atoms with Crippen molar-refractivity contribution < 1.29 is 26.8 Å². The van der Waals surface area contributed by atoms with Crippen LogP contribution in [0.2, 0.25) is 0 Å². The van der Waals surface area contributed by atoms with Crippen LogP contribution in [0.3, 0.4) is 0 Å². The Labute approximate surface area is 189 Å². The number of halogens is 1. The Bertz CT molecular complexity index is 1410. The van der Waals surface area contributed by atoms with Crippen LogP contribution in [-0.2, 0) is 16.4 Å². The normalized spacial score (nSPS) is 13.7. The van der Waals surface area contributed by atoms with Crippen molar-refractivity contribution in [2.75, 3.05) is 18.8 Å². The molecule has 0 unspecified atom stereocenters. The van der Waals surface area contributed by atoms with E-state index in [2.05, 4.69) is 9.71 Å². The van der Waals surface area contributed by atoms with Crippen molar-refractivity contribution in [1.29, 1.82) is 0 Å². The van der Waals surface area contributed by atoms with Gasteiger partial charge in [-0.25, -0.2) is 27.4 Å². The Morgan fingerprint density at radius 1 is 1.30 bits per heavy atom. The van der Waals surface area contributed by atoms with Crippen LogP contribution in [0.4, 0.5) is 15.0 Å². The lowest BCUT2D eigenvalue weighted by Crippen LogP contribution is -2.25. The fourth-order valence-corrected chi connectivity index (χ4v) is 4.65. The second-order valence-corrected chi connectivity index (χ2v) is 10.0. The van der Waals surface area contributed by atoms with Crippen LogP contribution < -0.4 is 15.1 Å². The molecule has 2 heterocycles. The SMILES string of the molecule is Cc1c(Cc2ccnc(NS(=O)(=O)C3CC3)c2F)c(=O)oc2cc(OC(=O)N(C)C)ccc12. The molecule has 0 aliphatic heterocycles. The van der Waals surface area contributed by atoms with Gasteiger partial charge in [0.1, 0.15) is 11.3 Å². The summed E-state index contributed by atoms with van der Waals surface area (Å²) in [6, 6.07) is 6.04. The molecular formula is C22H22FN3O6S. The number of fused-ring (bicyclic) bond motifs is 1. The van der Waals surface area contributed by atoms with Crippen molar-refractivity contribution in [1.82, 2.24) is 9.88 Å². The standard InChI is InChI=1S/C22H22FN3O6S/c1-12-16-7-4-14(31-22(28)26(2)3)11-18(16)32-21(27)17(12)10-13-8-9-24-20(19(13)23)25-33(29,30)15-5-6-15/h4,7-9,11,15H,5-6,10H2,1-3H3,(H,24,25). The zero-order valence-corrected chi connectivity index (χ0v) is 19.0. The summed E-state index contributed by atoms with van der Waals surface area (Å²) in [5, 5.41) is 0.0670. The van der Waals surface area contributed by atoms with Gasteiger partial charge in [-0.05, 0) is 49.1 Å². The number of pyridine rings is 1. The van der Waals surface area contributed by atoms with Crippen LogP contribution in [0.1, 0.15) is 29.5 Å². The number of hydrogen-bond donors (Lipinski definition) is 1. The Morgan fingerprint density at radius 3 is 2.70 bits per heavy atom. The first kappa shape index (κ1) is 22.7. The lowest BCUT2D eigenvalue weighted by atomic mass is 10.00. The van der Waals surface area contributed by atoms with Gasteiger partial charge in [0, 0.05) is 43.7 Å². The molecule has 0 spiro atoms. The van der Waals surface area contributed by atoms with Crippen molar-refractivity contribution >= 4 is 32.9 Å². The van der Waals surface area contributed by atoms with Crippen LogP contribution in [0.5, 0.6) is 5.75 Å². The van der Waals surface area contributed by atoms with Gasteiger partial charge >= 0.3 is 11.7 Å². The molecule has 1 N–H and O–H groups in total. The van der Waals surface area contributed by atoms with Crippen LogP contribution in [0.15, 0.2) is 39.7 Å². The summed E-state index contributed by atoms with van der Waals surface area (Å²) in [5.41, 5.74) is 0.445. The second kappa shape index (κ2) is 8.47. The van der Waals surface area contributed by atoms with Crippen molar-refractivity contribution in [3.8, 4) is 5.75 Å². The molecule has 11 heteroatoms. The summed E-state index contributed by atoms with van der Waals surface area (Å²) in [7, 11) is -0.603. The van der Waals surface area contributed by atoms with Gasteiger partial charge in [-0.1, -0.05) is 0 Å². The first-order valence-corrected chi connectivity index (χ1v) is 11.7. The highest BCUT2D eigenvalue weighted by molar-refractivity contribution is 7.93. The molecule has 9 nitrogen and oxygen atoms in total. The summed E-state index contributed by atoms with van der Waals surface area (Å²) >= 11 is 0. The van der Waals surface area contributed by atoms with E-state index in [1.54, 1.807) is 33.2 Å². The number of anilines is 1. The van der Waals surface area contributed by atoms with E-state index in [9.17, 15) is 18.0 Å². The fraction of sp³-hybridized carbons (Fsp3) is 0.318. The number of nitrogens with zero attached hydrogens (tertiary/aromatic N) is 2. The number of aryl methyl sites for hydroxylation is 1. The topological polar surface area (TPSA) is 119 Å². The highest BCUT2D eigenvalue weighted by Gasteiger charge is 2.36. The Morgan fingerprint density at radius 2 is 2.03 bits per heavy atom. The van der Waals surface area contributed by atoms with E-state index in [4.69, 9.17) is 9.15 Å². The molecule has 4 rings (SSSR count). The average Bonchev–Trinajstić information content (AvgIpc) is 3.59. The summed E-state index contributed by atoms with van der Waals surface area (Å²) < 4.78 is 52.1. The van der Waals surface area contributed by atoms with E-state index in [1.807, 2.05) is 0 Å². The van der Waals surface area contributed by atoms with Crippen LogP contribution in [0.25, 0.3) is 11.0 Å². The Kier molecular flexibility index (Phi) is 5.83. The summed E-state index contributed by atoms with van der Waals surface area (Å²) in [6.07, 6.45) is 1.65. The first-order chi connectivity index (χ1) is 15.6. The van der Waals surface area contributed by atoms with Gasteiger partial charge in [0.05, 0.1) is 5.25 Å². The number of sulfonamides is 1. The van der Waals surface area contributed by atoms with Crippen molar-refractivity contribution in [2.24, 2.45) is 0 Å². The van der Waals surface area contributed by atoms with Crippen molar-refractivity contribution in [2.45, 2.75) is 31.4 Å². The molecule has 1 aliphatic rings. The van der Waals surface area contributed by atoms with E-state index in [-0.39, 0.29) is 28.9 Å². The van der Waals surface area contributed by atoms with Gasteiger partial charge in [0.15, 0.2) is 11.6 Å². The highest BCUT2D eigenvalue weighted by Crippen LogP contribution is 2.31. The number of hydrogen-bond acceptors (Lipinski definition) is 7. The maximum atomic E-state index is 15.0. The maximum absolute atomic E-state index is 15.0. The summed E-state index contributed by atoms with van der Waals surface area (Å²) in [5.74, 6) is -1.02. The maximum Gasteiger partial charge on any atom is 0.414 e. The molecule has 0 saturated heterocycles. The number of ether oxygens (including phenoxy) is 1. The van der Waals surface area contributed by atoms with E-state index >= 15 is 4.39 Å². The molecule has 2 aromatic heterocycles. The predicted molar refractivity (Wildman–Crippen MR) is 119 cm³/mol. The molecule has 0 radical (unpaired) electrons. The third kappa shape index (κ3) is 4.68. The summed E-state index contributed by atoms with van der Waals surface area (Å²) in [6.45, 7) is 1.70. The Balaban J connectivity index is 1.66. The number of benzene rings is 1. The quantitative estimate of drug-likeness (QED) is 0.544. The largest absolute Gasteiger partial charge is 0.422 e. The molecule has 1 amide bonds. The zero-order chi connectivity index (χ0) is 23.9. The number of nitrogens with one attached hydrogen (secondary N) is 1. The predicted octanol–water partition coefficient (Wildman–Crippen LogP) is 3.19. The van der Waals surface area contributed by atoms with Crippen LogP contribution >= 0.6 is 0 Å².